The van der Waals surface area contributed by atoms with Crippen LogP contribution in [0.4, 0.5) is 0 Å². The smallest absolute Gasteiger partial charge is 0.115 e. The van der Waals surface area contributed by atoms with Gasteiger partial charge in [-0.2, -0.15) is 5.10 Å². The Bertz CT molecular complexity index is 453. The normalized spacial score (nSPS) is 12.5. The zero-order valence-electron chi connectivity index (χ0n) is 9.87. The van der Waals surface area contributed by atoms with E-state index in [1.807, 2.05) is 29.1 Å². The minimum absolute atomic E-state index is 0.309. The molecular formula is C13H17N3O. The number of nitrogens with zero attached hydrogens (tertiary/aromatic N) is 2. The second-order valence-corrected chi connectivity index (χ2v) is 4.18. The molecule has 0 saturated heterocycles. The SMILES string of the molecule is CC(Cn1cccn1)NCc1cccc(O)c1. The predicted molar refractivity (Wildman–Crippen MR) is 66.6 cm³/mol. The minimum Gasteiger partial charge on any atom is -0.508 e. The number of phenols is 1. The first-order valence-electron chi connectivity index (χ1n) is 5.73. The fraction of sp³-hybridized carbons (Fsp3) is 0.308. The molecule has 17 heavy (non-hydrogen) atoms. The summed E-state index contributed by atoms with van der Waals surface area (Å²) in [6, 6.07) is 9.54. The molecule has 0 aliphatic carbocycles. The summed E-state index contributed by atoms with van der Waals surface area (Å²) in [6.07, 6.45) is 3.73. The first-order chi connectivity index (χ1) is 8.24. The molecule has 1 atom stereocenters. The number of phenolic OH excluding ortho intramolecular Hbond substituents is 1. The van der Waals surface area contributed by atoms with Crippen molar-refractivity contribution in [2.45, 2.75) is 26.1 Å². The van der Waals surface area contributed by atoms with Crippen molar-refractivity contribution >= 4 is 0 Å². The fourth-order valence-corrected chi connectivity index (χ4v) is 1.71. The van der Waals surface area contributed by atoms with E-state index in [1.165, 1.54) is 0 Å². The van der Waals surface area contributed by atoms with Gasteiger partial charge in [-0.25, -0.2) is 0 Å². The van der Waals surface area contributed by atoms with Gasteiger partial charge in [0, 0.05) is 25.0 Å². The average molecular weight is 231 g/mol. The van der Waals surface area contributed by atoms with E-state index in [9.17, 15) is 5.11 Å². The molecule has 0 spiro atoms. The van der Waals surface area contributed by atoms with E-state index in [4.69, 9.17) is 0 Å². The minimum atomic E-state index is 0.309. The molecule has 0 amide bonds. The maximum atomic E-state index is 9.34. The molecule has 0 bridgehead atoms. The van der Waals surface area contributed by atoms with Crippen LogP contribution < -0.4 is 5.32 Å². The molecule has 0 aliphatic heterocycles. The van der Waals surface area contributed by atoms with Gasteiger partial charge in [0.1, 0.15) is 5.75 Å². The third-order valence-corrected chi connectivity index (χ3v) is 2.59. The lowest BCUT2D eigenvalue weighted by Crippen LogP contribution is -2.30. The van der Waals surface area contributed by atoms with Crippen molar-refractivity contribution in [1.29, 1.82) is 0 Å². The van der Waals surface area contributed by atoms with Crippen molar-refractivity contribution in [3.05, 3.63) is 48.3 Å². The molecular weight excluding hydrogens is 214 g/mol. The number of aromatic hydroxyl groups is 1. The zero-order valence-corrected chi connectivity index (χ0v) is 9.87. The van der Waals surface area contributed by atoms with E-state index in [0.29, 0.717) is 11.8 Å². The van der Waals surface area contributed by atoms with Crippen LogP contribution in [0.2, 0.25) is 0 Å². The van der Waals surface area contributed by atoms with Crippen LogP contribution in [0.15, 0.2) is 42.7 Å². The van der Waals surface area contributed by atoms with Gasteiger partial charge in [0.05, 0.1) is 6.54 Å². The molecule has 0 radical (unpaired) electrons. The number of rotatable bonds is 5. The Morgan fingerprint density at radius 3 is 3.00 bits per heavy atom. The van der Waals surface area contributed by atoms with Gasteiger partial charge in [-0.05, 0) is 30.7 Å². The zero-order chi connectivity index (χ0) is 12.1. The van der Waals surface area contributed by atoms with Crippen LogP contribution in [0.25, 0.3) is 0 Å². The summed E-state index contributed by atoms with van der Waals surface area (Å²) in [6.45, 7) is 3.70. The Balaban J connectivity index is 1.82. The molecule has 1 unspecified atom stereocenters. The van der Waals surface area contributed by atoms with Gasteiger partial charge in [0.25, 0.3) is 0 Å². The second kappa shape index (κ2) is 5.50. The van der Waals surface area contributed by atoms with Gasteiger partial charge in [0.2, 0.25) is 0 Å². The van der Waals surface area contributed by atoms with E-state index >= 15 is 0 Å². The maximum Gasteiger partial charge on any atom is 0.115 e. The molecule has 4 heteroatoms. The first kappa shape index (κ1) is 11.7. The summed E-state index contributed by atoms with van der Waals surface area (Å²) in [5.74, 6) is 0.309. The molecule has 2 aromatic rings. The quantitative estimate of drug-likeness (QED) is 0.824. The van der Waals surface area contributed by atoms with E-state index < -0.39 is 0 Å². The van der Waals surface area contributed by atoms with Crippen molar-refractivity contribution in [1.82, 2.24) is 15.1 Å². The number of nitrogens with one attached hydrogen (secondary N) is 1. The van der Waals surface area contributed by atoms with Crippen molar-refractivity contribution < 1.29 is 5.11 Å². The molecule has 1 aromatic heterocycles. The molecule has 0 saturated carbocycles. The highest BCUT2D eigenvalue weighted by Gasteiger charge is 2.03. The summed E-state index contributed by atoms with van der Waals surface area (Å²) < 4.78 is 1.90. The second-order valence-electron chi connectivity index (χ2n) is 4.18. The topological polar surface area (TPSA) is 50.1 Å². The van der Waals surface area contributed by atoms with Gasteiger partial charge < -0.3 is 10.4 Å². The fourth-order valence-electron chi connectivity index (χ4n) is 1.71. The van der Waals surface area contributed by atoms with Gasteiger partial charge in [0.15, 0.2) is 0 Å². The lowest BCUT2D eigenvalue weighted by Gasteiger charge is -2.14. The Morgan fingerprint density at radius 1 is 1.41 bits per heavy atom. The number of aromatic nitrogens is 2. The van der Waals surface area contributed by atoms with Crippen molar-refractivity contribution in [2.75, 3.05) is 0 Å². The van der Waals surface area contributed by atoms with Crippen LogP contribution in [-0.2, 0) is 13.1 Å². The van der Waals surface area contributed by atoms with Crippen molar-refractivity contribution in [3.63, 3.8) is 0 Å². The molecule has 0 fully saturated rings. The van der Waals surface area contributed by atoms with Gasteiger partial charge in [-0.15, -0.1) is 0 Å². The Hall–Kier alpha value is -1.81. The third kappa shape index (κ3) is 3.60. The first-order valence-corrected chi connectivity index (χ1v) is 5.73. The third-order valence-electron chi connectivity index (χ3n) is 2.59. The highest BCUT2D eigenvalue weighted by Crippen LogP contribution is 2.10. The summed E-state index contributed by atoms with van der Waals surface area (Å²) in [5, 5.41) is 16.9. The van der Waals surface area contributed by atoms with E-state index in [-0.39, 0.29) is 0 Å². The Morgan fingerprint density at radius 2 is 2.29 bits per heavy atom. The molecule has 0 aliphatic rings. The molecule has 90 valence electrons. The van der Waals surface area contributed by atoms with Crippen molar-refractivity contribution in [3.8, 4) is 5.75 Å². The number of hydrogen-bond donors (Lipinski definition) is 2. The largest absolute Gasteiger partial charge is 0.508 e. The highest BCUT2D eigenvalue weighted by atomic mass is 16.3. The number of hydrogen-bond acceptors (Lipinski definition) is 3. The monoisotopic (exact) mass is 231 g/mol. The summed E-state index contributed by atoms with van der Waals surface area (Å²) in [5.41, 5.74) is 1.08. The Kier molecular flexibility index (Phi) is 3.77. The van der Waals surface area contributed by atoms with Crippen LogP contribution in [-0.4, -0.2) is 20.9 Å². The Labute approximate surface area is 101 Å². The maximum absolute atomic E-state index is 9.34. The lowest BCUT2D eigenvalue weighted by atomic mass is 10.2. The van der Waals surface area contributed by atoms with Crippen LogP contribution >= 0.6 is 0 Å². The van der Waals surface area contributed by atoms with E-state index in [1.54, 1.807) is 18.3 Å². The molecule has 1 heterocycles. The lowest BCUT2D eigenvalue weighted by molar-refractivity contribution is 0.448. The van der Waals surface area contributed by atoms with Crippen LogP contribution in [0.5, 0.6) is 5.75 Å². The van der Waals surface area contributed by atoms with Crippen LogP contribution in [0.1, 0.15) is 12.5 Å². The highest BCUT2D eigenvalue weighted by molar-refractivity contribution is 5.26. The number of benzene rings is 1. The van der Waals surface area contributed by atoms with E-state index in [0.717, 1.165) is 18.7 Å². The van der Waals surface area contributed by atoms with Gasteiger partial charge >= 0.3 is 0 Å². The van der Waals surface area contributed by atoms with Gasteiger partial charge in [-0.1, -0.05) is 12.1 Å². The van der Waals surface area contributed by atoms with Gasteiger partial charge in [-0.3, -0.25) is 4.68 Å². The van der Waals surface area contributed by atoms with E-state index in [2.05, 4.69) is 17.3 Å². The molecule has 2 N–H and O–H groups in total. The average Bonchev–Trinajstić information content (AvgIpc) is 2.79. The van der Waals surface area contributed by atoms with Crippen LogP contribution in [0.3, 0.4) is 0 Å². The summed E-state index contributed by atoms with van der Waals surface area (Å²) in [7, 11) is 0. The standard InChI is InChI=1S/C13H17N3O/c1-11(10-16-7-3-6-15-16)14-9-12-4-2-5-13(17)8-12/h2-8,11,14,17H,9-10H2,1H3. The molecule has 1 aromatic carbocycles. The summed E-state index contributed by atoms with van der Waals surface area (Å²) in [4.78, 5) is 0. The molecule has 4 nitrogen and oxygen atoms in total. The summed E-state index contributed by atoms with van der Waals surface area (Å²) >= 11 is 0. The molecule has 2 rings (SSSR count). The van der Waals surface area contributed by atoms with Crippen molar-refractivity contribution in [2.24, 2.45) is 0 Å². The van der Waals surface area contributed by atoms with Crippen LogP contribution in [0, 0.1) is 0 Å². The predicted octanol–water partition coefficient (Wildman–Crippen LogP) is 1.77.